The van der Waals surface area contributed by atoms with Crippen LogP contribution in [0, 0.1) is 5.82 Å². The summed E-state index contributed by atoms with van der Waals surface area (Å²) in [5.74, 6) is -0.446. The molecular weight excluding hydrogens is 487 g/mol. The minimum Gasteiger partial charge on any atom is -0.386 e. The van der Waals surface area contributed by atoms with Crippen LogP contribution in [-0.2, 0) is 23.6 Å². The van der Waals surface area contributed by atoms with Crippen molar-refractivity contribution in [3.05, 3.63) is 81.0 Å². The molecule has 3 aromatic rings. The Balaban J connectivity index is 2.33. The van der Waals surface area contributed by atoms with Crippen LogP contribution in [0.2, 0.25) is 5.02 Å². The highest BCUT2D eigenvalue weighted by Crippen LogP contribution is 2.40. The quantitative estimate of drug-likeness (QED) is 0.430. The molecule has 0 aliphatic heterocycles. The number of aryl methyl sites for hydroxylation is 1. The monoisotopic (exact) mass is 518 g/mol. The van der Waals surface area contributed by atoms with Crippen LogP contribution in [-0.4, -0.2) is 18.6 Å². The number of halogens is 2. The first-order valence-corrected chi connectivity index (χ1v) is 12.8. The van der Waals surface area contributed by atoms with E-state index < -0.39 is 33.2 Å². The summed E-state index contributed by atoms with van der Waals surface area (Å²) in [4.78, 5) is 12.6. The summed E-state index contributed by atoms with van der Waals surface area (Å²) in [7, 11) is 0.286. The van der Waals surface area contributed by atoms with Crippen molar-refractivity contribution in [3.63, 3.8) is 0 Å². The van der Waals surface area contributed by atoms with Gasteiger partial charge in [0.1, 0.15) is 5.82 Å². The van der Waals surface area contributed by atoms with E-state index in [1.807, 2.05) is 39.8 Å². The Morgan fingerprint density at radius 1 is 1.00 bits per heavy atom. The molecule has 0 amide bonds. The molecule has 0 unspecified atom stereocenters. The zero-order valence-electron chi connectivity index (χ0n) is 21.1. The van der Waals surface area contributed by atoms with Gasteiger partial charge in [-0.1, -0.05) is 23.7 Å². The summed E-state index contributed by atoms with van der Waals surface area (Å²) in [6.07, 6.45) is 1.72. The van der Waals surface area contributed by atoms with Crippen LogP contribution in [0.5, 0.6) is 0 Å². The molecule has 35 heavy (non-hydrogen) atoms. The van der Waals surface area contributed by atoms with E-state index in [0.717, 1.165) is 0 Å². The number of benzene rings is 2. The highest BCUT2D eigenvalue weighted by atomic mass is 35.5. The lowest BCUT2D eigenvalue weighted by Crippen LogP contribution is -2.35. The Morgan fingerprint density at radius 3 is 2.20 bits per heavy atom. The van der Waals surface area contributed by atoms with E-state index in [1.54, 1.807) is 39.2 Å². The van der Waals surface area contributed by atoms with Gasteiger partial charge in [0.15, 0.2) is 0 Å². The summed E-state index contributed by atoms with van der Waals surface area (Å²) in [6.45, 7) is 10.8. The van der Waals surface area contributed by atoms with Crippen LogP contribution in [0.1, 0.15) is 58.7 Å². The van der Waals surface area contributed by atoms with Crippen molar-refractivity contribution in [2.45, 2.75) is 57.9 Å². The first-order valence-electron chi connectivity index (χ1n) is 11.3. The van der Waals surface area contributed by atoms with Gasteiger partial charge < -0.3 is 9.67 Å². The lowest BCUT2D eigenvalue weighted by Gasteiger charge is -2.26. The van der Waals surface area contributed by atoms with Gasteiger partial charge >= 0.3 is 0 Å². The van der Waals surface area contributed by atoms with E-state index in [4.69, 9.17) is 11.6 Å². The molecule has 0 saturated carbocycles. The van der Waals surface area contributed by atoms with E-state index in [1.165, 1.54) is 22.8 Å². The van der Waals surface area contributed by atoms with Crippen molar-refractivity contribution in [2.75, 3.05) is 0 Å². The lowest BCUT2D eigenvalue weighted by atomic mass is 9.86. The van der Waals surface area contributed by atoms with Gasteiger partial charge in [-0.2, -0.15) is 0 Å². The fourth-order valence-corrected chi connectivity index (χ4v) is 4.79. The molecule has 0 bridgehead atoms. The van der Waals surface area contributed by atoms with Gasteiger partial charge in [-0.3, -0.25) is 4.79 Å². The first-order chi connectivity index (χ1) is 16.1. The molecule has 5 nitrogen and oxygen atoms in total. The van der Waals surface area contributed by atoms with Gasteiger partial charge in [0.05, 0.1) is 26.4 Å². The fraction of sp³-hybridized carbons (Fsp3) is 0.370. The molecule has 0 aliphatic rings. The second-order valence-electron chi connectivity index (χ2n) is 10.3. The molecule has 1 heterocycles. The third kappa shape index (κ3) is 6.09. The van der Waals surface area contributed by atoms with Crippen LogP contribution < -0.4 is 10.3 Å². The predicted molar refractivity (Wildman–Crippen MR) is 142 cm³/mol. The summed E-state index contributed by atoms with van der Waals surface area (Å²) >= 11 is 6.43. The van der Waals surface area contributed by atoms with Crippen LogP contribution in [0.15, 0.2) is 53.5 Å². The minimum absolute atomic E-state index is 0.209. The van der Waals surface area contributed by atoms with Gasteiger partial charge in [-0.25, -0.2) is 13.3 Å². The average Bonchev–Trinajstić information content (AvgIpc) is 2.73. The maximum atomic E-state index is 13.8. The summed E-state index contributed by atoms with van der Waals surface area (Å²) < 4.78 is 30.7. The van der Waals surface area contributed by atoms with E-state index >= 15 is 0 Å². The number of aliphatic hydroxyl groups is 1. The van der Waals surface area contributed by atoms with Gasteiger partial charge in [0, 0.05) is 36.5 Å². The van der Waals surface area contributed by atoms with E-state index in [2.05, 4.69) is 4.72 Å². The van der Waals surface area contributed by atoms with Crippen molar-refractivity contribution in [1.82, 2.24) is 9.29 Å². The van der Waals surface area contributed by atoms with Gasteiger partial charge in [-0.05, 0) is 88.1 Å². The Labute approximate surface area is 213 Å². The normalized spacial score (nSPS) is 14.1. The summed E-state index contributed by atoms with van der Waals surface area (Å²) in [5, 5.41) is 11.0. The molecule has 2 aromatic carbocycles. The van der Waals surface area contributed by atoms with Crippen molar-refractivity contribution >= 4 is 22.6 Å². The zero-order chi connectivity index (χ0) is 26.3. The van der Waals surface area contributed by atoms with Crippen LogP contribution in [0.3, 0.4) is 0 Å². The molecule has 8 heteroatoms. The molecule has 0 saturated heterocycles. The number of hydrogen-bond acceptors (Lipinski definition) is 3. The maximum Gasteiger partial charge on any atom is 0.250 e. The molecule has 2 N–H and O–H groups in total. The van der Waals surface area contributed by atoms with Gasteiger partial charge in [0.2, 0.25) is 0 Å². The molecule has 1 aromatic heterocycles. The number of hydrogen-bond donors (Lipinski definition) is 2. The molecule has 0 aliphatic carbocycles. The van der Waals surface area contributed by atoms with Crippen molar-refractivity contribution in [3.8, 4) is 22.3 Å². The number of aromatic nitrogens is 1. The predicted octanol–water partition coefficient (Wildman–Crippen LogP) is 5.85. The molecule has 188 valence electrons. The second-order valence-corrected chi connectivity index (χ2v) is 12.7. The van der Waals surface area contributed by atoms with E-state index in [-0.39, 0.29) is 10.6 Å². The largest absolute Gasteiger partial charge is 0.386 e. The molecule has 0 spiro atoms. The Bertz CT molecular complexity index is 1340. The first kappa shape index (κ1) is 27.3. The maximum absolute atomic E-state index is 13.8. The number of nitrogens with zero attached hydrogens (tertiary/aromatic N) is 1. The third-order valence-corrected chi connectivity index (χ3v) is 7.80. The topological polar surface area (TPSA) is 71.3 Å². The van der Waals surface area contributed by atoms with Crippen LogP contribution in [0.4, 0.5) is 4.39 Å². The van der Waals surface area contributed by atoms with Crippen molar-refractivity contribution in [1.29, 1.82) is 0 Å². The molecular formula is C27H32ClFN2O3S. The van der Waals surface area contributed by atoms with Crippen molar-refractivity contribution in [2.24, 2.45) is 7.05 Å². The number of nitrogens with one attached hydrogen (secondary N) is 1. The fourth-order valence-electron chi connectivity index (χ4n) is 3.72. The van der Waals surface area contributed by atoms with Gasteiger partial charge in [-0.15, -0.1) is 0 Å². The summed E-state index contributed by atoms with van der Waals surface area (Å²) in [5.41, 5.74) is 2.72. The molecule has 3 rings (SSSR count). The van der Waals surface area contributed by atoms with E-state index in [9.17, 15) is 18.5 Å². The third-order valence-electron chi connectivity index (χ3n) is 5.80. The highest BCUT2D eigenvalue weighted by Gasteiger charge is 2.26. The molecule has 0 fully saturated rings. The SMILES string of the molecule is C[C@H](N[S@@](=O)C(C)(C)C)c1cc(=O)n(C)cc1-c1cc(C(C)(C)O)ccc1-c1ccc(F)cc1Cl. The Morgan fingerprint density at radius 2 is 1.63 bits per heavy atom. The molecule has 2 atom stereocenters. The summed E-state index contributed by atoms with van der Waals surface area (Å²) in [6, 6.07) is 10.8. The Hall–Kier alpha value is -2.32. The zero-order valence-corrected chi connectivity index (χ0v) is 22.6. The lowest BCUT2D eigenvalue weighted by molar-refractivity contribution is 0.0786. The standard InChI is InChI=1S/C27H32ClFN2O3S/c1-16(30-35(34)26(2,3)4)21-14-25(32)31(7)15-23(21)22-12-17(27(5,6)33)8-10-19(22)20-11-9-18(29)13-24(20)28/h8-16,30,33H,1-7H3/t16-,35-/m0/s1. The molecule has 0 radical (unpaired) electrons. The smallest absolute Gasteiger partial charge is 0.250 e. The highest BCUT2D eigenvalue weighted by molar-refractivity contribution is 7.84. The Kier molecular flexibility index (Phi) is 7.77. The van der Waals surface area contributed by atoms with Crippen LogP contribution in [0.25, 0.3) is 22.3 Å². The second kappa shape index (κ2) is 9.97. The van der Waals surface area contributed by atoms with E-state index in [0.29, 0.717) is 33.4 Å². The average molecular weight is 519 g/mol. The van der Waals surface area contributed by atoms with Gasteiger partial charge in [0.25, 0.3) is 5.56 Å². The van der Waals surface area contributed by atoms with Crippen molar-refractivity contribution < 1.29 is 13.7 Å². The van der Waals surface area contributed by atoms with Crippen LogP contribution >= 0.6 is 11.6 Å². The number of pyridine rings is 1. The minimum atomic E-state index is -1.37. The number of rotatable bonds is 6.